The Bertz CT molecular complexity index is 1260. The summed E-state index contributed by atoms with van der Waals surface area (Å²) in [7, 11) is 2.18. The molecule has 4 rings (SSSR count). The monoisotopic (exact) mass is 641 g/mol. The molecule has 3 N–H and O–H groups in total. The molecular weight excluding hydrogens is 586 g/mol. The van der Waals surface area contributed by atoms with Crippen molar-refractivity contribution in [2.24, 2.45) is 11.8 Å². The Morgan fingerprint density at radius 1 is 1.09 bits per heavy atom. The van der Waals surface area contributed by atoms with Crippen LogP contribution < -0.4 is 15.4 Å². The predicted octanol–water partition coefficient (Wildman–Crippen LogP) is 6.24. The molecule has 1 saturated carbocycles. The fourth-order valence-electron chi connectivity index (χ4n) is 6.59. The average molecular weight is 642 g/mol. The zero-order valence-electron chi connectivity index (χ0n) is 28.6. The van der Waals surface area contributed by atoms with E-state index in [2.05, 4.69) is 34.7 Å². The van der Waals surface area contributed by atoms with Crippen LogP contribution in [0.1, 0.15) is 93.9 Å². The van der Waals surface area contributed by atoms with Gasteiger partial charge in [-0.3, -0.25) is 4.79 Å². The van der Waals surface area contributed by atoms with E-state index in [1.165, 1.54) is 32.1 Å². The number of carbonyl (C=O) groups excluding carboxylic acids is 2. The second kappa shape index (κ2) is 17.1. The number of likely N-dealkylation sites (N-methyl/N-ethyl adjacent to an activating group) is 1. The number of hydrogen-bond donors (Lipinski definition) is 3. The molecule has 11 heteroatoms. The van der Waals surface area contributed by atoms with Crippen LogP contribution >= 0.6 is 0 Å². The van der Waals surface area contributed by atoms with Crippen molar-refractivity contribution >= 4 is 23.3 Å². The Hall–Kier alpha value is -3.15. The lowest BCUT2D eigenvalue weighted by atomic mass is 9.89. The van der Waals surface area contributed by atoms with Crippen molar-refractivity contribution in [2.45, 2.75) is 104 Å². The molecule has 2 aliphatic rings. The van der Waals surface area contributed by atoms with E-state index in [-0.39, 0.29) is 30.6 Å². The maximum absolute atomic E-state index is 14.4. The smallest absolute Gasteiger partial charge is 0.323 e. The second-order valence-electron chi connectivity index (χ2n) is 13.5. The normalized spacial score (nSPS) is 22.9. The number of aliphatic hydroxyl groups is 1. The fourth-order valence-corrected chi connectivity index (χ4v) is 6.59. The molecule has 1 aromatic heterocycles. The summed E-state index contributed by atoms with van der Waals surface area (Å²) in [6.07, 6.45) is 9.05. The highest BCUT2D eigenvalue weighted by Crippen LogP contribution is 2.29. The molecule has 1 aliphatic carbocycles. The molecule has 0 spiro atoms. The van der Waals surface area contributed by atoms with Crippen molar-refractivity contribution in [3.05, 3.63) is 35.2 Å². The van der Waals surface area contributed by atoms with Gasteiger partial charge in [-0.15, -0.1) is 0 Å². The Kier molecular flexibility index (Phi) is 13.3. The van der Waals surface area contributed by atoms with Gasteiger partial charge in [0.05, 0.1) is 30.4 Å². The largest absolute Gasteiger partial charge is 0.490 e. The summed E-state index contributed by atoms with van der Waals surface area (Å²) >= 11 is 0. The van der Waals surface area contributed by atoms with Crippen molar-refractivity contribution in [2.75, 3.05) is 50.5 Å². The van der Waals surface area contributed by atoms with E-state index in [0.717, 1.165) is 38.3 Å². The average Bonchev–Trinajstić information content (AvgIpc) is 3.34. The number of aromatic nitrogens is 1. The number of aliphatic hydroxyl groups excluding tert-OH is 1. The van der Waals surface area contributed by atoms with Gasteiger partial charge in [0.25, 0.3) is 5.91 Å². The standard InChI is InChI=1S/C35H55N5O6/c1-23-19-40(24(2)22-41)34(42)30-18-29(36-35(43)37-33-26(4)38-46-27(33)5)15-16-31(30)45-25(3)12-10-11-17-44-32(23)21-39(6)20-28-13-8-7-9-14-28/h15-16,18,23-25,28,32,41H,7-14,17,19-22H2,1-6H3,(H2,36,37,43)/t23-,24+,25-,32-/m1/s1. The molecule has 46 heavy (non-hydrogen) atoms. The number of nitrogens with zero attached hydrogens (tertiary/aromatic N) is 3. The fraction of sp³-hybridized carbons (Fsp3) is 0.686. The maximum Gasteiger partial charge on any atom is 0.323 e. The first kappa shape index (κ1) is 35.7. The molecule has 0 radical (unpaired) electrons. The minimum absolute atomic E-state index is 0.0140. The third-order valence-corrected chi connectivity index (χ3v) is 9.37. The van der Waals surface area contributed by atoms with E-state index in [4.69, 9.17) is 14.0 Å². The van der Waals surface area contributed by atoms with Crippen LogP contribution in [0.4, 0.5) is 16.2 Å². The van der Waals surface area contributed by atoms with E-state index < -0.39 is 12.1 Å². The van der Waals surface area contributed by atoms with Gasteiger partial charge in [-0.05, 0) is 91.0 Å². The van der Waals surface area contributed by atoms with Crippen LogP contribution in [0.3, 0.4) is 0 Å². The summed E-state index contributed by atoms with van der Waals surface area (Å²) in [5.41, 5.74) is 1.84. The SMILES string of the molecule is Cc1noc(C)c1NC(=O)Nc1ccc2c(c1)C(=O)N([C@@H](C)CO)C[C@@H](C)[C@@H](CN(C)CC1CCCCC1)OCCCC[C@@H](C)O2. The number of fused-ring (bicyclic) bond motifs is 1. The molecule has 1 fully saturated rings. The molecule has 2 aromatic rings. The van der Waals surface area contributed by atoms with Crippen LogP contribution in [0.2, 0.25) is 0 Å². The summed E-state index contributed by atoms with van der Waals surface area (Å²) in [6.45, 7) is 12.2. The molecule has 1 aromatic carbocycles. The van der Waals surface area contributed by atoms with E-state index in [9.17, 15) is 14.7 Å². The molecule has 11 nitrogen and oxygen atoms in total. The number of anilines is 2. The van der Waals surface area contributed by atoms with Gasteiger partial charge < -0.3 is 39.5 Å². The number of carbonyl (C=O) groups is 2. The number of aryl methyl sites for hydroxylation is 2. The summed E-state index contributed by atoms with van der Waals surface area (Å²) in [5, 5.41) is 19.7. The Labute approximate surface area is 274 Å². The Morgan fingerprint density at radius 3 is 2.52 bits per heavy atom. The second-order valence-corrected chi connectivity index (χ2v) is 13.5. The molecule has 0 saturated heterocycles. The summed E-state index contributed by atoms with van der Waals surface area (Å²) in [6, 6.07) is 4.19. The van der Waals surface area contributed by atoms with Crippen LogP contribution in [0.25, 0.3) is 0 Å². The van der Waals surface area contributed by atoms with Gasteiger partial charge in [-0.1, -0.05) is 31.3 Å². The third kappa shape index (κ3) is 9.92. The van der Waals surface area contributed by atoms with E-state index in [0.29, 0.717) is 47.3 Å². The zero-order valence-corrected chi connectivity index (χ0v) is 28.6. The number of benzene rings is 1. The number of hydrogen-bond acceptors (Lipinski definition) is 8. The highest BCUT2D eigenvalue weighted by molar-refractivity contribution is 6.03. The molecule has 0 bridgehead atoms. The van der Waals surface area contributed by atoms with Gasteiger partial charge in [0.2, 0.25) is 0 Å². The van der Waals surface area contributed by atoms with Crippen molar-refractivity contribution in [1.29, 1.82) is 0 Å². The molecule has 3 amide bonds. The number of nitrogens with one attached hydrogen (secondary N) is 2. The third-order valence-electron chi connectivity index (χ3n) is 9.37. The number of rotatable bonds is 8. The van der Waals surface area contributed by atoms with Crippen molar-refractivity contribution < 1.29 is 28.7 Å². The Balaban J connectivity index is 1.57. The lowest BCUT2D eigenvalue weighted by Gasteiger charge is -2.36. The van der Waals surface area contributed by atoms with Crippen molar-refractivity contribution in [3.63, 3.8) is 0 Å². The summed E-state index contributed by atoms with van der Waals surface area (Å²) < 4.78 is 18.0. The van der Waals surface area contributed by atoms with Gasteiger partial charge in [0, 0.05) is 37.8 Å². The topological polar surface area (TPSA) is 129 Å². The van der Waals surface area contributed by atoms with Gasteiger partial charge in [-0.2, -0.15) is 0 Å². The molecule has 256 valence electrons. The van der Waals surface area contributed by atoms with E-state index >= 15 is 0 Å². The minimum atomic E-state index is -0.483. The van der Waals surface area contributed by atoms with Crippen LogP contribution in [0.15, 0.2) is 22.7 Å². The molecule has 1 aliphatic heterocycles. The first-order chi connectivity index (χ1) is 22.0. The van der Waals surface area contributed by atoms with E-state index in [1.807, 2.05) is 13.8 Å². The first-order valence-electron chi connectivity index (χ1n) is 17.1. The minimum Gasteiger partial charge on any atom is -0.490 e. The van der Waals surface area contributed by atoms with Gasteiger partial charge in [0.1, 0.15) is 17.1 Å². The highest BCUT2D eigenvalue weighted by atomic mass is 16.5. The molecule has 4 atom stereocenters. The van der Waals surface area contributed by atoms with E-state index in [1.54, 1.807) is 36.9 Å². The molecular formula is C35H55N5O6. The lowest BCUT2D eigenvalue weighted by molar-refractivity contribution is -0.0190. The summed E-state index contributed by atoms with van der Waals surface area (Å²) in [4.78, 5) is 31.4. The van der Waals surface area contributed by atoms with Crippen LogP contribution in [0, 0.1) is 25.7 Å². The number of amides is 3. The maximum atomic E-state index is 14.4. The lowest BCUT2D eigenvalue weighted by Crippen LogP contribution is -2.47. The van der Waals surface area contributed by atoms with Gasteiger partial charge in [0.15, 0.2) is 5.76 Å². The molecule has 0 unspecified atom stereocenters. The summed E-state index contributed by atoms with van der Waals surface area (Å²) in [5.74, 6) is 1.43. The van der Waals surface area contributed by atoms with Crippen LogP contribution in [0.5, 0.6) is 5.75 Å². The quantitative estimate of drug-likeness (QED) is 0.309. The van der Waals surface area contributed by atoms with Crippen molar-refractivity contribution in [1.82, 2.24) is 15.0 Å². The molecule has 2 heterocycles. The zero-order chi connectivity index (χ0) is 33.2. The predicted molar refractivity (Wildman–Crippen MR) is 180 cm³/mol. The van der Waals surface area contributed by atoms with Crippen LogP contribution in [-0.2, 0) is 4.74 Å². The number of ether oxygens (including phenoxy) is 2. The number of urea groups is 1. The van der Waals surface area contributed by atoms with Crippen LogP contribution in [-0.4, -0.2) is 90.1 Å². The Morgan fingerprint density at radius 2 is 1.83 bits per heavy atom. The van der Waals surface area contributed by atoms with Gasteiger partial charge in [-0.25, -0.2) is 4.79 Å². The van der Waals surface area contributed by atoms with Crippen molar-refractivity contribution in [3.8, 4) is 5.75 Å². The van der Waals surface area contributed by atoms with Gasteiger partial charge >= 0.3 is 6.03 Å². The first-order valence-corrected chi connectivity index (χ1v) is 17.1. The highest BCUT2D eigenvalue weighted by Gasteiger charge is 2.31.